The molecule has 0 spiro atoms. The van der Waals surface area contributed by atoms with Gasteiger partial charge < -0.3 is 5.11 Å². The first-order chi connectivity index (χ1) is 16.4. The molecule has 34 heavy (non-hydrogen) atoms. The number of aromatic carboxylic acids is 1. The highest BCUT2D eigenvalue weighted by atomic mass is 35.5. The third-order valence-electron chi connectivity index (χ3n) is 4.72. The predicted octanol–water partition coefficient (Wildman–Crippen LogP) is 3.98. The van der Waals surface area contributed by atoms with E-state index in [0.717, 1.165) is 11.8 Å². The molecule has 2 N–H and O–H groups in total. The molecule has 170 valence electrons. The minimum Gasteiger partial charge on any atom is -0.478 e. The van der Waals surface area contributed by atoms with Gasteiger partial charge in [0.05, 0.1) is 34.1 Å². The smallest absolute Gasteiger partial charge is 0.335 e. The summed E-state index contributed by atoms with van der Waals surface area (Å²) >= 11 is 7.09. The Bertz CT molecular complexity index is 1450. The molecule has 0 radical (unpaired) electrons. The molecule has 4 rings (SSSR count). The average Bonchev–Trinajstić information content (AvgIpc) is 2.84. The molecule has 0 fully saturated rings. The van der Waals surface area contributed by atoms with E-state index in [1.807, 2.05) is 0 Å². The van der Waals surface area contributed by atoms with Gasteiger partial charge in [0.2, 0.25) is 0 Å². The number of thioether (sulfide) groups is 1. The van der Waals surface area contributed by atoms with Crippen LogP contribution in [0.2, 0.25) is 5.02 Å². The molecule has 8 nitrogen and oxygen atoms in total. The van der Waals surface area contributed by atoms with Gasteiger partial charge >= 0.3 is 5.97 Å². The Kier molecular flexibility index (Phi) is 7.05. The molecule has 1 heterocycles. The molecule has 0 aliphatic rings. The van der Waals surface area contributed by atoms with E-state index in [0.29, 0.717) is 32.3 Å². The van der Waals surface area contributed by atoms with Crippen LogP contribution in [-0.2, 0) is 4.79 Å². The van der Waals surface area contributed by atoms with Crippen LogP contribution in [0.3, 0.4) is 0 Å². The summed E-state index contributed by atoms with van der Waals surface area (Å²) < 4.78 is 1.45. The van der Waals surface area contributed by atoms with Crippen molar-refractivity contribution in [3.05, 3.63) is 99.3 Å². The van der Waals surface area contributed by atoms with Gasteiger partial charge in [0.15, 0.2) is 5.16 Å². The number of amides is 1. The molecule has 0 saturated carbocycles. The molecule has 0 aliphatic heterocycles. The Balaban J connectivity index is 1.51. The summed E-state index contributed by atoms with van der Waals surface area (Å²) in [6.45, 7) is 0. The molecule has 1 aromatic heterocycles. The van der Waals surface area contributed by atoms with Gasteiger partial charge in [0.1, 0.15) is 0 Å². The summed E-state index contributed by atoms with van der Waals surface area (Å²) in [5.74, 6) is -1.45. The number of carbonyl (C=O) groups excluding carboxylic acids is 1. The summed E-state index contributed by atoms with van der Waals surface area (Å²) in [4.78, 5) is 41.0. The Morgan fingerprint density at radius 2 is 1.76 bits per heavy atom. The van der Waals surface area contributed by atoms with Gasteiger partial charge in [-0.1, -0.05) is 47.6 Å². The van der Waals surface area contributed by atoms with Crippen LogP contribution in [0.1, 0.15) is 15.9 Å². The molecule has 0 aliphatic carbocycles. The van der Waals surface area contributed by atoms with Gasteiger partial charge in [-0.15, -0.1) is 0 Å². The predicted molar refractivity (Wildman–Crippen MR) is 132 cm³/mol. The molecule has 3 aromatic carbocycles. The van der Waals surface area contributed by atoms with Crippen molar-refractivity contribution in [2.45, 2.75) is 5.16 Å². The molecule has 10 heteroatoms. The number of carboxylic acids is 1. The fourth-order valence-electron chi connectivity index (χ4n) is 3.08. The Labute approximate surface area is 202 Å². The number of rotatable bonds is 7. The number of fused-ring (bicyclic) bond motifs is 1. The highest BCUT2D eigenvalue weighted by molar-refractivity contribution is 7.99. The van der Waals surface area contributed by atoms with Crippen molar-refractivity contribution in [3.8, 4) is 5.69 Å². The van der Waals surface area contributed by atoms with E-state index < -0.39 is 11.9 Å². The van der Waals surface area contributed by atoms with E-state index in [1.165, 1.54) is 22.9 Å². The van der Waals surface area contributed by atoms with Crippen LogP contribution in [0.15, 0.2) is 87.8 Å². The lowest BCUT2D eigenvalue weighted by Gasteiger charge is -2.13. The van der Waals surface area contributed by atoms with E-state index >= 15 is 0 Å². The number of benzene rings is 3. The molecule has 0 unspecified atom stereocenters. The minimum atomic E-state index is -1.02. The molecule has 0 bridgehead atoms. The Morgan fingerprint density at radius 3 is 2.47 bits per heavy atom. The number of para-hydroxylation sites is 1. The number of hydrazone groups is 1. The average molecular weight is 493 g/mol. The van der Waals surface area contributed by atoms with Gasteiger partial charge in [-0.2, -0.15) is 5.10 Å². The number of aromatic nitrogens is 2. The first-order valence-electron chi connectivity index (χ1n) is 9.98. The van der Waals surface area contributed by atoms with E-state index in [9.17, 15) is 14.4 Å². The van der Waals surface area contributed by atoms with E-state index in [-0.39, 0.29) is 16.9 Å². The standard InChI is InChI=1S/C24H17ClN4O4S/c25-17-9-11-18(12-10-17)29-22(31)19-3-1-2-4-20(19)27-24(29)34-14-21(30)28-26-13-15-5-7-16(8-6-15)23(32)33/h1-13H,14H2,(H,28,30)(H,32,33)/b26-13-. The van der Waals surface area contributed by atoms with Crippen LogP contribution in [0.5, 0.6) is 0 Å². The van der Waals surface area contributed by atoms with Gasteiger partial charge in [-0.3, -0.25) is 14.2 Å². The molecule has 0 saturated heterocycles. The lowest BCUT2D eigenvalue weighted by molar-refractivity contribution is -0.118. The van der Waals surface area contributed by atoms with Crippen molar-refractivity contribution < 1.29 is 14.7 Å². The summed E-state index contributed by atoms with van der Waals surface area (Å²) in [6.07, 6.45) is 1.41. The maximum Gasteiger partial charge on any atom is 0.335 e. The lowest BCUT2D eigenvalue weighted by atomic mass is 10.1. The van der Waals surface area contributed by atoms with Crippen LogP contribution in [0.25, 0.3) is 16.6 Å². The number of carboxylic acid groups (broad SMARTS) is 1. The topological polar surface area (TPSA) is 114 Å². The second-order valence-electron chi connectivity index (χ2n) is 7.04. The van der Waals surface area contributed by atoms with Crippen LogP contribution in [-0.4, -0.2) is 38.5 Å². The van der Waals surface area contributed by atoms with Crippen molar-refractivity contribution in [2.75, 3.05) is 5.75 Å². The second-order valence-corrected chi connectivity index (χ2v) is 8.42. The quantitative estimate of drug-likeness (QED) is 0.174. The normalized spacial score (nSPS) is 11.1. The van der Waals surface area contributed by atoms with E-state index in [2.05, 4.69) is 15.5 Å². The van der Waals surface area contributed by atoms with Gasteiger partial charge in [0, 0.05) is 5.02 Å². The van der Waals surface area contributed by atoms with Crippen molar-refractivity contribution in [1.82, 2.24) is 15.0 Å². The number of hydrogen-bond donors (Lipinski definition) is 2. The van der Waals surface area contributed by atoms with Crippen LogP contribution < -0.4 is 11.0 Å². The highest BCUT2D eigenvalue weighted by Gasteiger charge is 2.14. The maximum atomic E-state index is 13.2. The highest BCUT2D eigenvalue weighted by Crippen LogP contribution is 2.22. The molecule has 4 aromatic rings. The summed E-state index contributed by atoms with van der Waals surface area (Å²) in [7, 11) is 0. The zero-order chi connectivity index (χ0) is 24.1. The van der Waals surface area contributed by atoms with Gasteiger partial charge in [-0.05, 0) is 54.1 Å². The summed E-state index contributed by atoms with van der Waals surface area (Å²) in [6, 6.07) is 19.8. The largest absolute Gasteiger partial charge is 0.478 e. The summed E-state index contributed by atoms with van der Waals surface area (Å²) in [5.41, 5.74) is 4.07. The number of nitrogens with one attached hydrogen (secondary N) is 1. The van der Waals surface area contributed by atoms with E-state index in [4.69, 9.17) is 16.7 Å². The first kappa shape index (κ1) is 23.2. The Hall–Kier alpha value is -3.95. The number of hydrogen-bond acceptors (Lipinski definition) is 6. The first-order valence-corrected chi connectivity index (χ1v) is 11.3. The van der Waals surface area contributed by atoms with Crippen LogP contribution in [0, 0.1) is 0 Å². The monoisotopic (exact) mass is 492 g/mol. The third-order valence-corrected chi connectivity index (χ3v) is 5.91. The summed E-state index contributed by atoms with van der Waals surface area (Å²) in [5, 5.41) is 14.2. The molecule has 0 atom stereocenters. The number of nitrogens with zero attached hydrogens (tertiary/aromatic N) is 3. The fraction of sp³-hybridized carbons (Fsp3) is 0.0417. The van der Waals surface area contributed by atoms with Gasteiger partial charge in [-0.25, -0.2) is 15.2 Å². The fourth-order valence-corrected chi connectivity index (χ4v) is 4.01. The lowest BCUT2D eigenvalue weighted by Crippen LogP contribution is -2.24. The number of halogens is 1. The van der Waals surface area contributed by atoms with Crippen molar-refractivity contribution in [3.63, 3.8) is 0 Å². The van der Waals surface area contributed by atoms with Crippen molar-refractivity contribution in [1.29, 1.82) is 0 Å². The molecular formula is C24H17ClN4O4S. The molecular weight excluding hydrogens is 476 g/mol. The minimum absolute atomic E-state index is 0.0341. The second kappa shape index (κ2) is 10.3. The SMILES string of the molecule is O=C(CSc1nc2ccccc2c(=O)n1-c1ccc(Cl)cc1)N/N=C\c1ccc(C(=O)O)cc1. The third kappa shape index (κ3) is 5.33. The van der Waals surface area contributed by atoms with Crippen molar-refractivity contribution in [2.24, 2.45) is 5.10 Å². The molecule has 1 amide bonds. The zero-order valence-corrected chi connectivity index (χ0v) is 19.1. The van der Waals surface area contributed by atoms with Crippen LogP contribution >= 0.6 is 23.4 Å². The number of carbonyl (C=O) groups is 2. The maximum absolute atomic E-state index is 13.2. The Morgan fingerprint density at radius 1 is 1.06 bits per heavy atom. The van der Waals surface area contributed by atoms with Gasteiger partial charge in [0.25, 0.3) is 11.5 Å². The van der Waals surface area contributed by atoms with E-state index in [1.54, 1.807) is 60.7 Å². The zero-order valence-electron chi connectivity index (χ0n) is 17.5. The van der Waals surface area contributed by atoms with Crippen molar-refractivity contribution >= 4 is 52.4 Å². The van der Waals surface area contributed by atoms with Crippen LogP contribution in [0.4, 0.5) is 0 Å².